The van der Waals surface area contributed by atoms with Crippen molar-refractivity contribution >= 4 is 28.4 Å². The average molecular weight is 516 g/mol. The first-order valence-electron chi connectivity index (χ1n) is 12.3. The van der Waals surface area contributed by atoms with Gasteiger partial charge in [0.1, 0.15) is 11.4 Å². The topological polar surface area (TPSA) is 118 Å². The number of piperazine rings is 1. The lowest BCUT2D eigenvalue weighted by Gasteiger charge is -2.39. The Morgan fingerprint density at radius 3 is 2.43 bits per heavy atom. The zero-order valence-electron chi connectivity index (χ0n) is 20.1. The van der Waals surface area contributed by atoms with E-state index < -0.39 is 29.4 Å². The molecule has 0 radical (unpaired) electrons. The van der Waals surface area contributed by atoms with Gasteiger partial charge in [0.25, 0.3) is 11.8 Å². The van der Waals surface area contributed by atoms with Crippen LogP contribution in [0.25, 0.3) is 10.9 Å². The molecule has 2 aromatic heterocycles. The SMILES string of the molecule is NC(=O)c1cc2nn(C3CCC(N4CCNCC4)CC3)cc2cc1NC(=O)c1cccc(C(F)(F)F)n1. The molecule has 1 saturated carbocycles. The summed E-state index contributed by atoms with van der Waals surface area (Å²) in [5.74, 6) is -1.67. The van der Waals surface area contributed by atoms with E-state index in [4.69, 9.17) is 5.73 Å². The van der Waals surface area contributed by atoms with E-state index in [0.717, 1.165) is 64.0 Å². The molecule has 3 heterocycles. The number of fused-ring (bicyclic) bond motifs is 1. The highest BCUT2D eigenvalue weighted by Gasteiger charge is 2.33. The molecule has 5 rings (SSSR count). The lowest BCUT2D eigenvalue weighted by atomic mass is 9.90. The zero-order chi connectivity index (χ0) is 26.2. The molecule has 1 aliphatic carbocycles. The van der Waals surface area contributed by atoms with Crippen molar-refractivity contribution in [1.29, 1.82) is 0 Å². The van der Waals surface area contributed by atoms with Crippen molar-refractivity contribution in [2.45, 2.75) is 43.9 Å². The average Bonchev–Trinajstić information content (AvgIpc) is 3.31. The van der Waals surface area contributed by atoms with E-state index in [1.54, 1.807) is 6.07 Å². The van der Waals surface area contributed by atoms with Gasteiger partial charge in [-0.25, -0.2) is 4.98 Å². The van der Waals surface area contributed by atoms with Gasteiger partial charge in [-0.3, -0.25) is 19.2 Å². The standard InChI is InChI=1S/C25H28F3N7O2/c26-25(27,28)22-3-1-2-19(31-22)24(37)32-21-12-15-14-35(33-20(15)13-18(21)23(29)36)17-6-4-16(5-7-17)34-10-8-30-9-11-34/h1-3,12-14,16-17,30H,4-11H2,(H2,29,36)(H,32,37). The molecule has 37 heavy (non-hydrogen) atoms. The molecule has 0 unspecified atom stereocenters. The summed E-state index contributed by atoms with van der Waals surface area (Å²) in [6.07, 6.45) is 1.31. The highest BCUT2D eigenvalue weighted by atomic mass is 19.4. The molecule has 1 aromatic carbocycles. The molecule has 3 aromatic rings. The quantitative estimate of drug-likeness (QED) is 0.480. The molecule has 0 spiro atoms. The Hall–Kier alpha value is -3.51. The number of halogens is 3. The van der Waals surface area contributed by atoms with Gasteiger partial charge in [-0.15, -0.1) is 0 Å². The van der Waals surface area contributed by atoms with Crippen LogP contribution in [0.3, 0.4) is 0 Å². The minimum Gasteiger partial charge on any atom is -0.366 e. The van der Waals surface area contributed by atoms with E-state index >= 15 is 0 Å². The summed E-state index contributed by atoms with van der Waals surface area (Å²) in [5, 5.41) is 11.2. The first kappa shape index (κ1) is 25.2. The summed E-state index contributed by atoms with van der Waals surface area (Å²) in [4.78, 5) is 30.8. The Kier molecular flexibility index (Phi) is 6.86. The molecule has 2 aliphatic rings. The zero-order valence-corrected chi connectivity index (χ0v) is 20.1. The summed E-state index contributed by atoms with van der Waals surface area (Å²) in [5.41, 5.74) is 4.58. The summed E-state index contributed by atoms with van der Waals surface area (Å²) < 4.78 is 40.9. The number of aromatic nitrogens is 3. The van der Waals surface area contributed by atoms with Crippen LogP contribution in [0.4, 0.5) is 18.9 Å². The van der Waals surface area contributed by atoms with Crippen molar-refractivity contribution in [1.82, 2.24) is 25.0 Å². The largest absolute Gasteiger partial charge is 0.433 e. The van der Waals surface area contributed by atoms with Crippen LogP contribution >= 0.6 is 0 Å². The van der Waals surface area contributed by atoms with E-state index in [0.29, 0.717) is 16.9 Å². The molecule has 4 N–H and O–H groups in total. The number of carbonyl (C=O) groups is 2. The minimum atomic E-state index is -4.69. The summed E-state index contributed by atoms with van der Waals surface area (Å²) in [7, 11) is 0. The first-order valence-corrected chi connectivity index (χ1v) is 12.3. The Bertz CT molecular complexity index is 1310. The summed E-state index contributed by atoms with van der Waals surface area (Å²) in [6.45, 7) is 4.19. The number of pyridine rings is 1. The molecular weight excluding hydrogens is 487 g/mol. The molecule has 0 atom stereocenters. The number of rotatable bonds is 5. The van der Waals surface area contributed by atoms with Crippen LogP contribution in [0.1, 0.15) is 58.3 Å². The fourth-order valence-corrected chi connectivity index (χ4v) is 5.23. The Morgan fingerprint density at radius 1 is 1.05 bits per heavy atom. The van der Waals surface area contributed by atoms with Crippen LogP contribution < -0.4 is 16.4 Å². The molecule has 12 heteroatoms. The number of anilines is 1. The molecule has 196 valence electrons. The second-order valence-corrected chi connectivity index (χ2v) is 9.54. The molecule has 1 aliphatic heterocycles. The Morgan fingerprint density at radius 2 is 1.76 bits per heavy atom. The van der Waals surface area contributed by atoms with Crippen LogP contribution in [-0.2, 0) is 6.18 Å². The van der Waals surface area contributed by atoms with Gasteiger partial charge in [0, 0.05) is 43.8 Å². The van der Waals surface area contributed by atoms with Gasteiger partial charge in [0.15, 0.2) is 0 Å². The molecule has 2 amide bonds. The number of nitrogens with zero attached hydrogens (tertiary/aromatic N) is 4. The van der Waals surface area contributed by atoms with Crippen LogP contribution in [0, 0.1) is 0 Å². The van der Waals surface area contributed by atoms with E-state index in [1.807, 2.05) is 10.9 Å². The van der Waals surface area contributed by atoms with Crippen LogP contribution in [0.5, 0.6) is 0 Å². The highest BCUT2D eigenvalue weighted by molar-refractivity contribution is 6.10. The van der Waals surface area contributed by atoms with Crippen LogP contribution in [0.15, 0.2) is 36.5 Å². The predicted molar refractivity (Wildman–Crippen MR) is 131 cm³/mol. The monoisotopic (exact) mass is 515 g/mol. The Labute approximate surface area is 211 Å². The fourth-order valence-electron chi connectivity index (χ4n) is 5.23. The third-order valence-corrected chi connectivity index (χ3v) is 7.16. The van der Waals surface area contributed by atoms with Gasteiger partial charge >= 0.3 is 6.18 Å². The van der Waals surface area contributed by atoms with Crippen molar-refractivity contribution < 1.29 is 22.8 Å². The number of carbonyl (C=O) groups excluding carboxylic acids is 2. The van der Waals surface area contributed by atoms with Crippen molar-refractivity contribution in [2.75, 3.05) is 31.5 Å². The summed E-state index contributed by atoms with van der Waals surface area (Å²) >= 11 is 0. The third kappa shape index (κ3) is 5.44. The maximum Gasteiger partial charge on any atom is 0.433 e. The molecule has 2 fully saturated rings. The maximum absolute atomic E-state index is 13.0. The van der Waals surface area contributed by atoms with Gasteiger partial charge in [-0.2, -0.15) is 18.3 Å². The van der Waals surface area contributed by atoms with E-state index in [1.165, 1.54) is 12.1 Å². The number of alkyl halides is 3. The predicted octanol–water partition coefficient (Wildman–Crippen LogP) is 3.19. The van der Waals surface area contributed by atoms with Crippen molar-refractivity contribution in [3.63, 3.8) is 0 Å². The highest BCUT2D eigenvalue weighted by Crippen LogP contribution is 2.33. The van der Waals surface area contributed by atoms with Crippen LogP contribution in [-0.4, -0.2) is 63.7 Å². The maximum atomic E-state index is 13.0. The number of nitrogens with one attached hydrogen (secondary N) is 2. The molecule has 0 bridgehead atoms. The second-order valence-electron chi connectivity index (χ2n) is 9.54. The number of nitrogens with two attached hydrogens (primary N) is 1. The molecule has 1 saturated heterocycles. The third-order valence-electron chi connectivity index (χ3n) is 7.16. The second kappa shape index (κ2) is 10.1. The van der Waals surface area contributed by atoms with Gasteiger partial charge in [0.05, 0.1) is 22.8 Å². The number of primary amides is 1. The van der Waals surface area contributed by atoms with Gasteiger partial charge in [-0.05, 0) is 49.9 Å². The summed E-state index contributed by atoms with van der Waals surface area (Å²) in [6, 6.07) is 6.91. The smallest absolute Gasteiger partial charge is 0.366 e. The number of amides is 2. The van der Waals surface area contributed by atoms with E-state index in [2.05, 4.69) is 25.6 Å². The van der Waals surface area contributed by atoms with Gasteiger partial charge < -0.3 is 16.4 Å². The minimum absolute atomic E-state index is 0.0143. The Balaban J connectivity index is 1.35. The number of hydrogen-bond acceptors (Lipinski definition) is 6. The normalized spacial score (nSPS) is 21.2. The number of hydrogen-bond donors (Lipinski definition) is 3. The van der Waals surface area contributed by atoms with E-state index in [-0.39, 0.29) is 17.3 Å². The molecular formula is C25H28F3N7O2. The van der Waals surface area contributed by atoms with Crippen molar-refractivity contribution in [2.24, 2.45) is 5.73 Å². The van der Waals surface area contributed by atoms with E-state index in [9.17, 15) is 22.8 Å². The lowest BCUT2D eigenvalue weighted by Crippen LogP contribution is -2.49. The van der Waals surface area contributed by atoms with Gasteiger partial charge in [0.2, 0.25) is 0 Å². The number of benzene rings is 1. The van der Waals surface area contributed by atoms with Crippen molar-refractivity contribution in [3.05, 3.63) is 53.5 Å². The molecule has 9 nitrogen and oxygen atoms in total. The van der Waals surface area contributed by atoms with Crippen LogP contribution in [0.2, 0.25) is 0 Å². The fraction of sp³-hybridized carbons (Fsp3) is 0.440. The van der Waals surface area contributed by atoms with Gasteiger partial charge in [-0.1, -0.05) is 6.07 Å². The lowest BCUT2D eigenvalue weighted by molar-refractivity contribution is -0.141. The first-order chi connectivity index (χ1) is 17.7. The van der Waals surface area contributed by atoms with Crippen molar-refractivity contribution in [3.8, 4) is 0 Å².